The van der Waals surface area contributed by atoms with Crippen LogP contribution in [0, 0.1) is 5.41 Å². The quantitative estimate of drug-likeness (QED) is 0.782. The number of cyclic esters (lactones) is 1. The van der Waals surface area contributed by atoms with E-state index in [4.69, 9.17) is 9.47 Å². The normalized spacial score (nSPS) is 19.2. The van der Waals surface area contributed by atoms with E-state index in [0.29, 0.717) is 12.8 Å². The molecule has 1 N–H and O–H groups in total. The Balaban J connectivity index is 1.96. The fourth-order valence-corrected chi connectivity index (χ4v) is 3.26. The van der Waals surface area contributed by atoms with Crippen molar-refractivity contribution in [3.8, 4) is 0 Å². The molecule has 0 aromatic heterocycles. The van der Waals surface area contributed by atoms with Gasteiger partial charge < -0.3 is 14.8 Å². The zero-order valence-corrected chi connectivity index (χ0v) is 13.8. The van der Waals surface area contributed by atoms with Gasteiger partial charge in [0.2, 0.25) is 0 Å². The SMILES string of the molecule is CCCC1(CCC)C(=O)OC[C@@H]1NC(=O)OCc1ccccc1. The van der Waals surface area contributed by atoms with Crippen LogP contribution in [0.4, 0.5) is 4.79 Å². The van der Waals surface area contributed by atoms with Crippen LogP contribution in [0.2, 0.25) is 0 Å². The van der Waals surface area contributed by atoms with Crippen molar-refractivity contribution in [1.29, 1.82) is 0 Å². The lowest BCUT2D eigenvalue weighted by Gasteiger charge is -2.30. The third-order valence-electron chi connectivity index (χ3n) is 4.35. The average Bonchev–Trinajstić information content (AvgIpc) is 2.84. The van der Waals surface area contributed by atoms with Gasteiger partial charge in [-0.3, -0.25) is 4.79 Å². The van der Waals surface area contributed by atoms with Crippen LogP contribution in [-0.2, 0) is 20.9 Å². The molecule has 1 aromatic rings. The minimum absolute atomic E-state index is 0.199. The van der Waals surface area contributed by atoms with Crippen molar-refractivity contribution in [2.45, 2.75) is 52.2 Å². The smallest absolute Gasteiger partial charge is 0.407 e. The van der Waals surface area contributed by atoms with E-state index < -0.39 is 11.5 Å². The van der Waals surface area contributed by atoms with E-state index in [2.05, 4.69) is 5.32 Å². The van der Waals surface area contributed by atoms with Crippen molar-refractivity contribution >= 4 is 12.1 Å². The maximum atomic E-state index is 12.2. The number of rotatable bonds is 7. The molecule has 0 bridgehead atoms. The van der Waals surface area contributed by atoms with E-state index >= 15 is 0 Å². The second-order valence-corrected chi connectivity index (χ2v) is 6.01. The van der Waals surface area contributed by atoms with Crippen molar-refractivity contribution in [1.82, 2.24) is 5.32 Å². The first kappa shape index (κ1) is 17.3. The summed E-state index contributed by atoms with van der Waals surface area (Å²) >= 11 is 0. The predicted octanol–water partition coefficient (Wildman–Crippen LogP) is 3.42. The molecule has 0 aliphatic carbocycles. The molecule has 1 fully saturated rings. The van der Waals surface area contributed by atoms with Gasteiger partial charge in [-0.2, -0.15) is 0 Å². The average molecular weight is 319 g/mol. The first-order valence-electron chi connectivity index (χ1n) is 8.27. The first-order valence-corrected chi connectivity index (χ1v) is 8.27. The Labute approximate surface area is 137 Å². The summed E-state index contributed by atoms with van der Waals surface area (Å²) in [6.07, 6.45) is 2.65. The highest BCUT2D eigenvalue weighted by Crippen LogP contribution is 2.39. The molecule has 5 nitrogen and oxygen atoms in total. The number of alkyl carbamates (subject to hydrolysis) is 1. The van der Waals surface area contributed by atoms with Crippen LogP contribution in [0.15, 0.2) is 30.3 Å². The van der Waals surface area contributed by atoms with E-state index in [-0.39, 0.29) is 25.2 Å². The molecular weight excluding hydrogens is 294 g/mol. The molecule has 2 rings (SSSR count). The van der Waals surface area contributed by atoms with Crippen molar-refractivity contribution in [3.05, 3.63) is 35.9 Å². The summed E-state index contributed by atoms with van der Waals surface area (Å²) in [7, 11) is 0. The second-order valence-electron chi connectivity index (χ2n) is 6.01. The van der Waals surface area contributed by atoms with Gasteiger partial charge in [0, 0.05) is 0 Å². The Hall–Kier alpha value is -2.04. The minimum Gasteiger partial charge on any atom is -0.463 e. The van der Waals surface area contributed by atoms with Gasteiger partial charge >= 0.3 is 12.1 Å². The van der Waals surface area contributed by atoms with E-state index in [1.165, 1.54) is 0 Å². The molecule has 1 heterocycles. The largest absolute Gasteiger partial charge is 0.463 e. The molecular formula is C18H25NO4. The van der Waals surface area contributed by atoms with E-state index in [1.807, 2.05) is 44.2 Å². The number of esters is 1. The van der Waals surface area contributed by atoms with Crippen LogP contribution < -0.4 is 5.32 Å². The van der Waals surface area contributed by atoms with Gasteiger partial charge in [0.05, 0.1) is 11.5 Å². The van der Waals surface area contributed by atoms with Crippen LogP contribution in [0.5, 0.6) is 0 Å². The number of carbonyl (C=O) groups excluding carboxylic acids is 2. The lowest BCUT2D eigenvalue weighted by Crippen LogP contribution is -2.48. The number of benzene rings is 1. The standard InChI is InChI=1S/C18H25NO4/c1-3-10-18(11-4-2)15(13-22-16(18)20)19-17(21)23-12-14-8-6-5-7-9-14/h5-9,15H,3-4,10-13H2,1-2H3,(H,19,21)/t15-/m0/s1. The number of amides is 1. The van der Waals surface area contributed by atoms with Crippen LogP contribution in [0.25, 0.3) is 0 Å². The van der Waals surface area contributed by atoms with Crippen molar-refractivity contribution in [2.75, 3.05) is 6.61 Å². The van der Waals surface area contributed by atoms with Gasteiger partial charge in [0.1, 0.15) is 13.2 Å². The summed E-state index contributed by atoms with van der Waals surface area (Å²) in [5, 5.41) is 2.83. The zero-order valence-electron chi connectivity index (χ0n) is 13.8. The van der Waals surface area contributed by atoms with Crippen molar-refractivity contribution in [3.63, 3.8) is 0 Å². The molecule has 1 amide bonds. The minimum atomic E-state index is -0.616. The van der Waals surface area contributed by atoms with Crippen LogP contribution in [0.1, 0.15) is 45.1 Å². The van der Waals surface area contributed by atoms with Crippen LogP contribution in [0.3, 0.4) is 0 Å². The highest BCUT2D eigenvalue weighted by Gasteiger charge is 2.51. The molecule has 1 atom stereocenters. The maximum Gasteiger partial charge on any atom is 0.407 e. The lowest BCUT2D eigenvalue weighted by atomic mass is 9.75. The van der Waals surface area contributed by atoms with Crippen molar-refractivity contribution < 1.29 is 19.1 Å². The van der Waals surface area contributed by atoms with Gasteiger partial charge in [0.25, 0.3) is 0 Å². The molecule has 5 heteroatoms. The third-order valence-corrected chi connectivity index (χ3v) is 4.35. The highest BCUT2D eigenvalue weighted by atomic mass is 16.6. The summed E-state index contributed by atoms with van der Waals surface area (Å²) in [5.41, 5.74) is 0.310. The van der Waals surface area contributed by atoms with Crippen LogP contribution >= 0.6 is 0 Å². The molecule has 1 aliphatic rings. The summed E-state index contributed by atoms with van der Waals surface area (Å²) in [5.74, 6) is -0.199. The molecule has 1 saturated heterocycles. The van der Waals surface area contributed by atoms with Crippen LogP contribution in [-0.4, -0.2) is 24.7 Å². The van der Waals surface area contributed by atoms with Gasteiger partial charge in [0.15, 0.2) is 0 Å². The fourth-order valence-electron chi connectivity index (χ4n) is 3.26. The van der Waals surface area contributed by atoms with Gasteiger partial charge in [-0.25, -0.2) is 4.79 Å². The van der Waals surface area contributed by atoms with E-state index in [1.54, 1.807) is 0 Å². The lowest BCUT2D eigenvalue weighted by molar-refractivity contribution is -0.147. The highest BCUT2D eigenvalue weighted by molar-refractivity contribution is 5.81. The monoisotopic (exact) mass is 319 g/mol. The molecule has 0 saturated carbocycles. The summed E-state index contributed by atoms with van der Waals surface area (Å²) in [6, 6.07) is 9.18. The number of carbonyl (C=O) groups is 2. The Morgan fingerprint density at radius 1 is 1.26 bits per heavy atom. The molecule has 0 unspecified atom stereocenters. The second kappa shape index (κ2) is 7.99. The molecule has 0 radical (unpaired) electrons. The van der Waals surface area contributed by atoms with Crippen molar-refractivity contribution in [2.24, 2.45) is 5.41 Å². The molecule has 126 valence electrons. The zero-order chi connectivity index (χ0) is 16.7. The summed E-state index contributed by atoms with van der Waals surface area (Å²) < 4.78 is 10.5. The number of hydrogen-bond donors (Lipinski definition) is 1. The maximum absolute atomic E-state index is 12.2. The first-order chi connectivity index (χ1) is 11.1. The summed E-state index contributed by atoms with van der Waals surface area (Å²) in [6.45, 7) is 4.50. The van der Waals surface area contributed by atoms with E-state index in [0.717, 1.165) is 18.4 Å². The fraction of sp³-hybridized carbons (Fsp3) is 0.556. The molecule has 1 aromatic carbocycles. The van der Waals surface area contributed by atoms with E-state index in [9.17, 15) is 9.59 Å². The molecule has 0 spiro atoms. The third kappa shape index (κ3) is 4.03. The molecule has 23 heavy (non-hydrogen) atoms. The number of hydrogen-bond acceptors (Lipinski definition) is 4. The topological polar surface area (TPSA) is 64.6 Å². The Morgan fingerprint density at radius 2 is 1.91 bits per heavy atom. The Bertz CT molecular complexity index is 523. The predicted molar refractivity (Wildman–Crippen MR) is 86.8 cm³/mol. The van der Waals surface area contributed by atoms with Gasteiger partial charge in [-0.05, 0) is 18.4 Å². The number of ether oxygens (including phenoxy) is 2. The Morgan fingerprint density at radius 3 is 2.52 bits per heavy atom. The Kier molecular flexibility index (Phi) is 6.02. The van der Waals surface area contributed by atoms with Gasteiger partial charge in [-0.15, -0.1) is 0 Å². The van der Waals surface area contributed by atoms with Gasteiger partial charge in [-0.1, -0.05) is 57.0 Å². The molecule has 1 aliphatic heterocycles. The number of nitrogens with one attached hydrogen (secondary N) is 1. The summed E-state index contributed by atoms with van der Waals surface area (Å²) in [4.78, 5) is 24.3.